The number of benzene rings is 3. The quantitative estimate of drug-likeness (QED) is 0.478. The van der Waals surface area contributed by atoms with Gasteiger partial charge in [-0.1, -0.05) is 61.2 Å². The molecule has 23 heavy (non-hydrogen) atoms. The molecule has 0 aromatic heterocycles. The van der Waals surface area contributed by atoms with Gasteiger partial charge in [0.15, 0.2) is 0 Å². The molecule has 3 aromatic rings. The maximum Gasteiger partial charge on any atom is 0.116 e. The van der Waals surface area contributed by atoms with Crippen LogP contribution in [0.25, 0.3) is 0 Å². The van der Waals surface area contributed by atoms with Gasteiger partial charge < -0.3 is 0 Å². The van der Waals surface area contributed by atoms with Crippen LogP contribution in [0.3, 0.4) is 0 Å². The van der Waals surface area contributed by atoms with Crippen LogP contribution in [0.4, 0.5) is 0 Å². The van der Waals surface area contributed by atoms with E-state index in [4.69, 9.17) is 0 Å². The lowest BCUT2D eigenvalue weighted by Crippen LogP contribution is -2.33. The third-order valence-corrected chi connectivity index (χ3v) is 8.65. The molecule has 0 saturated heterocycles. The zero-order chi connectivity index (χ0) is 16.1. The van der Waals surface area contributed by atoms with E-state index in [1.807, 2.05) is 0 Å². The predicted octanol–water partition coefficient (Wildman–Crippen LogP) is 4.56. The smallest absolute Gasteiger partial charge is 0.0965 e. The van der Waals surface area contributed by atoms with Crippen LogP contribution in [0, 0.1) is 0 Å². The van der Waals surface area contributed by atoms with Crippen LogP contribution in [0.15, 0.2) is 103 Å². The second-order valence-corrected chi connectivity index (χ2v) is 9.42. The molecular weight excluding hydrogens is 295 g/mol. The van der Waals surface area contributed by atoms with Crippen molar-refractivity contribution in [1.29, 1.82) is 0 Å². The Hall–Kier alpha value is -2.17. The van der Waals surface area contributed by atoms with E-state index < -0.39 is 7.26 Å². The molecule has 0 bridgehead atoms. The Kier molecular flexibility index (Phi) is 4.74. The van der Waals surface area contributed by atoms with Gasteiger partial charge in [-0.15, -0.1) is 0 Å². The van der Waals surface area contributed by atoms with Gasteiger partial charge in [-0.25, -0.2) is 0 Å². The molecule has 0 radical (unpaired) electrons. The molecule has 0 heterocycles. The summed E-state index contributed by atoms with van der Waals surface area (Å²) in [6.07, 6.45) is 1.00. The molecule has 3 aromatic carbocycles. The zero-order valence-corrected chi connectivity index (χ0v) is 14.4. The largest absolute Gasteiger partial charge is 0.116 e. The summed E-state index contributed by atoms with van der Waals surface area (Å²) in [5.74, 6) is 0. The van der Waals surface area contributed by atoms with Gasteiger partial charge in [0.25, 0.3) is 0 Å². The van der Waals surface area contributed by atoms with E-state index in [1.54, 1.807) is 0 Å². The van der Waals surface area contributed by atoms with Gasteiger partial charge in [0, 0.05) is 0 Å². The molecule has 0 N–H and O–H groups in total. The van der Waals surface area contributed by atoms with Gasteiger partial charge in [-0.3, -0.25) is 0 Å². The van der Waals surface area contributed by atoms with Gasteiger partial charge >= 0.3 is 0 Å². The van der Waals surface area contributed by atoms with Crippen LogP contribution in [0.5, 0.6) is 0 Å². The molecule has 1 heteroatoms. The first-order valence-corrected chi connectivity index (χ1v) is 9.90. The van der Waals surface area contributed by atoms with E-state index in [-0.39, 0.29) is 0 Å². The van der Waals surface area contributed by atoms with Gasteiger partial charge in [0.05, 0.1) is 6.16 Å². The summed E-state index contributed by atoms with van der Waals surface area (Å²) in [5.41, 5.74) is 1.23. The fraction of sp³-hybridized carbons (Fsp3) is 0.0909. The lowest BCUT2D eigenvalue weighted by Gasteiger charge is -2.27. The predicted molar refractivity (Wildman–Crippen MR) is 105 cm³/mol. The molecule has 0 atom stereocenters. The summed E-state index contributed by atoms with van der Waals surface area (Å²) in [4.78, 5) is 0. The van der Waals surface area contributed by atoms with E-state index in [9.17, 15) is 0 Å². The van der Waals surface area contributed by atoms with E-state index in [1.165, 1.54) is 21.5 Å². The molecular formula is C22H22P+. The average molecular weight is 317 g/mol. The SMILES string of the molecule is C=C(C)C[P+](c1ccccc1)(c1ccccc1)c1ccccc1. The van der Waals surface area contributed by atoms with E-state index in [0.29, 0.717) is 0 Å². The maximum atomic E-state index is 4.24. The van der Waals surface area contributed by atoms with Gasteiger partial charge in [-0.05, 0) is 48.9 Å². The van der Waals surface area contributed by atoms with E-state index in [2.05, 4.69) is 104 Å². The molecule has 0 spiro atoms. The first-order chi connectivity index (χ1) is 11.2. The minimum Gasteiger partial charge on any atom is -0.0965 e. The minimum atomic E-state index is -1.71. The van der Waals surface area contributed by atoms with Crippen molar-refractivity contribution in [2.45, 2.75) is 6.92 Å². The first-order valence-electron chi connectivity index (χ1n) is 7.93. The van der Waals surface area contributed by atoms with Crippen LogP contribution < -0.4 is 15.9 Å². The van der Waals surface area contributed by atoms with Crippen molar-refractivity contribution in [1.82, 2.24) is 0 Å². The average Bonchev–Trinajstić information content (AvgIpc) is 2.62. The second kappa shape index (κ2) is 6.94. The van der Waals surface area contributed by atoms with Gasteiger partial charge in [0.1, 0.15) is 23.2 Å². The highest BCUT2D eigenvalue weighted by molar-refractivity contribution is 7.95. The molecule has 0 aliphatic carbocycles. The number of allylic oxidation sites excluding steroid dienone is 1. The van der Waals surface area contributed by atoms with Crippen LogP contribution in [-0.4, -0.2) is 6.16 Å². The summed E-state index contributed by atoms with van der Waals surface area (Å²) in [6, 6.07) is 32.8. The normalized spacial score (nSPS) is 11.2. The topological polar surface area (TPSA) is 0 Å². The van der Waals surface area contributed by atoms with Crippen molar-refractivity contribution < 1.29 is 0 Å². The van der Waals surface area contributed by atoms with Crippen molar-refractivity contribution in [2.24, 2.45) is 0 Å². The summed E-state index contributed by atoms with van der Waals surface area (Å²) in [6.45, 7) is 6.39. The molecule has 114 valence electrons. The maximum absolute atomic E-state index is 4.24. The van der Waals surface area contributed by atoms with Gasteiger partial charge in [-0.2, -0.15) is 0 Å². The monoisotopic (exact) mass is 317 g/mol. The van der Waals surface area contributed by atoms with Crippen molar-refractivity contribution in [3.05, 3.63) is 103 Å². The fourth-order valence-corrected chi connectivity index (χ4v) is 7.47. The molecule has 0 unspecified atom stereocenters. The second-order valence-electron chi connectivity index (χ2n) is 5.93. The molecule has 0 aliphatic heterocycles. The zero-order valence-electron chi connectivity index (χ0n) is 13.5. The first kappa shape index (κ1) is 15.7. The summed E-state index contributed by atoms with van der Waals surface area (Å²) >= 11 is 0. The lowest BCUT2D eigenvalue weighted by atomic mass is 10.3. The Bertz CT molecular complexity index is 664. The Balaban J connectivity index is 2.32. The number of hydrogen-bond donors (Lipinski definition) is 0. The highest BCUT2D eigenvalue weighted by Gasteiger charge is 2.44. The van der Waals surface area contributed by atoms with Crippen molar-refractivity contribution >= 4 is 23.2 Å². The standard InChI is InChI=1S/C22H22P/c1-19(2)18-23(20-12-6-3-7-13-20,21-14-8-4-9-15-21)22-16-10-5-11-17-22/h3-17H,1,18H2,2H3/q+1. The number of hydrogen-bond acceptors (Lipinski definition) is 0. The van der Waals surface area contributed by atoms with Crippen molar-refractivity contribution in [2.75, 3.05) is 6.16 Å². The fourth-order valence-electron chi connectivity index (χ4n) is 3.17. The summed E-state index contributed by atoms with van der Waals surface area (Å²) in [5, 5.41) is 4.25. The molecule has 0 aliphatic rings. The Morgan fingerprint density at radius 1 is 0.652 bits per heavy atom. The minimum absolute atomic E-state index is 1.00. The molecule has 0 fully saturated rings. The van der Waals surface area contributed by atoms with Crippen molar-refractivity contribution in [3.63, 3.8) is 0 Å². The lowest BCUT2D eigenvalue weighted by molar-refractivity contribution is 1.42. The van der Waals surface area contributed by atoms with Crippen LogP contribution >= 0.6 is 7.26 Å². The van der Waals surface area contributed by atoms with Crippen LogP contribution in [0.1, 0.15) is 6.92 Å². The van der Waals surface area contributed by atoms with E-state index >= 15 is 0 Å². The summed E-state index contributed by atoms with van der Waals surface area (Å²) in [7, 11) is -1.71. The Morgan fingerprint density at radius 2 is 0.957 bits per heavy atom. The number of rotatable bonds is 5. The third kappa shape index (κ3) is 3.14. The van der Waals surface area contributed by atoms with E-state index in [0.717, 1.165) is 6.16 Å². The molecule has 3 rings (SSSR count). The Labute approximate surface area is 139 Å². The highest BCUT2D eigenvalue weighted by Crippen LogP contribution is 2.56. The third-order valence-electron chi connectivity index (χ3n) is 4.10. The van der Waals surface area contributed by atoms with Crippen LogP contribution in [0.2, 0.25) is 0 Å². The molecule has 0 saturated carbocycles. The highest BCUT2D eigenvalue weighted by atomic mass is 31.2. The molecule has 0 amide bonds. The molecule has 0 nitrogen and oxygen atoms in total. The van der Waals surface area contributed by atoms with Gasteiger partial charge in [0.2, 0.25) is 0 Å². The summed E-state index contributed by atoms with van der Waals surface area (Å²) < 4.78 is 0. The van der Waals surface area contributed by atoms with Crippen LogP contribution in [-0.2, 0) is 0 Å². The van der Waals surface area contributed by atoms with Crippen molar-refractivity contribution in [3.8, 4) is 0 Å². The Morgan fingerprint density at radius 3 is 1.22 bits per heavy atom.